The molecule has 4 aliphatic rings. The Bertz CT molecular complexity index is 1180. The number of amides is 3. The molecule has 2 fully saturated rings. The summed E-state index contributed by atoms with van der Waals surface area (Å²) in [5.41, 5.74) is 3.59. The number of methoxy groups -OCH3 is 3. The van der Waals surface area contributed by atoms with Crippen LogP contribution in [-0.4, -0.2) is 85.8 Å². The highest BCUT2D eigenvalue weighted by Gasteiger charge is 2.55. The number of likely N-dealkylation sites (tertiary alicyclic amines) is 1. The van der Waals surface area contributed by atoms with E-state index in [1.54, 1.807) is 27.4 Å². The molecule has 2 atom stereocenters. The van der Waals surface area contributed by atoms with Gasteiger partial charge in [-0.3, -0.25) is 9.69 Å². The molecule has 2 unspecified atom stereocenters. The molecule has 1 aromatic carbocycles. The van der Waals surface area contributed by atoms with Gasteiger partial charge < -0.3 is 24.0 Å². The highest BCUT2D eigenvalue weighted by molar-refractivity contribution is 5.94. The quantitative estimate of drug-likeness (QED) is 0.597. The standard InChI is InChI=1S/C29H37N3O5/c1-6-32-28(34)31-18-21-16-23(36-4)17-24(37-5)26(21)19(2)14-25(31)29(32)10-12-30(13-11-29)27(33)20-8-7-9-22(15-20)35-3/h7-9,14-16,19,24H,6,10-13,17-18H2,1-5H3. The largest absolute Gasteiger partial charge is 0.501 e. The van der Waals surface area contributed by atoms with Crippen molar-refractivity contribution in [3.8, 4) is 5.75 Å². The van der Waals surface area contributed by atoms with Crippen molar-refractivity contribution in [1.82, 2.24) is 14.7 Å². The number of likely N-dealkylation sites (N-methyl/N-ethyl adjacent to an activating group) is 1. The van der Waals surface area contributed by atoms with Gasteiger partial charge in [-0.15, -0.1) is 0 Å². The second-order valence-corrected chi connectivity index (χ2v) is 10.2. The van der Waals surface area contributed by atoms with Crippen LogP contribution in [0.25, 0.3) is 0 Å². The third-order valence-corrected chi connectivity index (χ3v) is 8.47. The highest BCUT2D eigenvalue weighted by Crippen LogP contribution is 2.47. The zero-order valence-electron chi connectivity index (χ0n) is 22.5. The summed E-state index contributed by atoms with van der Waals surface area (Å²) < 4.78 is 16.8. The van der Waals surface area contributed by atoms with Gasteiger partial charge in [0.15, 0.2) is 0 Å². The maximum atomic E-state index is 13.8. The number of allylic oxidation sites excluding steroid dienone is 1. The topological polar surface area (TPSA) is 71.6 Å². The minimum absolute atomic E-state index is 0.00140. The van der Waals surface area contributed by atoms with E-state index in [1.165, 1.54) is 5.57 Å². The first-order valence-electron chi connectivity index (χ1n) is 13.1. The number of ether oxygens (including phenoxy) is 3. The first-order chi connectivity index (χ1) is 17.9. The fraction of sp³-hybridized carbons (Fsp3) is 0.517. The van der Waals surface area contributed by atoms with Crippen LogP contribution < -0.4 is 4.74 Å². The maximum absolute atomic E-state index is 13.8. The van der Waals surface area contributed by atoms with E-state index in [0.717, 1.165) is 17.0 Å². The van der Waals surface area contributed by atoms with Crippen LogP contribution in [-0.2, 0) is 9.47 Å². The van der Waals surface area contributed by atoms with Crippen LogP contribution in [0.1, 0.15) is 43.5 Å². The van der Waals surface area contributed by atoms with Crippen molar-refractivity contribution in [3.05, 3.63) is 64.6 Å². The molecular formula is C29H37N3O5. The predicted molar refractivity (Wildman–Crippen MR) is 140 cm³/mol. The summed E-state index contributed by atoms with van der Waals surface area (Å²) in [6.45, 7) is 6.52. The molecule has 1 spiro atoms. The summed E-state index contributed by atoms with van der Waals surface area (Å²) in [5.74, 6) is 1.66. The van der Waals surface area contributed by atoms with Crippen molar-refractivity contribution in [2.45, 2.75) is 44.8 Å². The SMILES string of the molecule is CCN1C(=O)N2CC3=C(C(C)C=C2C12CCN(C(=O)c1cccc(OC)c1)CC2)C(OC)CC(OC)=C3. The maximum Gasteiger partial charge on any atom is 0.325 e. The average molecular weight is 508 g/mol. The monoisotopic (exact) mass is 507 g/mol. The summed E-state index contributed by atoms with van der Waals surface area (Å²) in [5, 5.41) is 0. The van der Waals surface area contributed by atoms with Crippen LogP contribution in [0.3, 0.4) is 0 Å². The number of piperidine rings is 1. The Balaban J connectivity index is 1.44. The number of hydrogen-bond acceptors (Lipinski definition) is 5. The Morgan fingerprint density at radius 3 is 2.54 bits per heavy atom. The number of carbonyl (C=O) groups excluding carboxylic acids is 2. The summed E-state index contributed by atoms with van der Waals surface area (Å²) in [4.78, 5) is 33.0. The molecule has 1 aliphatic carbocycles. The van der Waals surface area contributed by atoms with E-state index >= 15 is 0 Å². The molecule has 0 N–H and O–H groups in total. The molecule has 3 aliphatic heterocycles. The van der Waals surface area contributed by atoms with Gasteiger partial charge in [-0.05, 0) is 55.2 Å². The molecule has 1 aromatic rings. The molecular weight excluding hydrogens is 470 g/mol. The fourth-order valence-electron chi connectivity index (χ4n) is 6.61. The zero-order chi connectivity index (χ0) is 26.3. The van der Waals surface area contributed by atoms with Crippen molar-refractivity contribution in [3.63, 3.8) is 0 Å². The second-order valence-electron chi connectivity index (χ2n) is 10.2. The van der Waals surface area contributed by atoms with Gasteiger partial charge in [0.2, 0.25) is 0 Å². The summed E-state index contributed by atoms with van der Waals surface area (Å²) in [6, 6.07) is 7.33. The zero-order valence-corrected chi connectivity index (χ0v) is 22.5. The molecule has 0 aromatic heterocycles. The number of carbonyl (C=O) groups is 2. The average Bonchev–Trinajstić information content (AvgIpc) is 3.03. The minimum Gasteiger partial charge on any atom is -0.501 e. The minimum atomic E-state index is -0.420. The summed E-state index contributed by atoms with van der Waals surface area (Å²) >= 11 is 0. The Hall–Kier alpha value is -3.26. The van der Waals surface area contributed by atoms with Crippen LogP contribution in [0.5, 0.6) is 5.75 Å². The fourth-order valence-corrected chi connectivity index (χ4v) is 6.61. The van der Waals surface area contributed by atoms with E-state index in [-0.39, 0.29) is 24.0 Å². The normalized spacial score (nSPS) is 24.9. The second kappa shape index (κ2) is 9.89. The van der Waals surface area contributed by atoms with E-state index in [0.29, 0.717) is 56.8 Å². The number of hydrogen-bond donors (Lipinski definition) is 0. The molecule has 3 amide bonds. The van der Waals surface area contributed by atoms with Crippen LogP contribution >= 0.6 is 0 Å². The van der Waals surface area contributed by atoms with Gasteiger partial charge in [0.1, 0.15) is 5.75 Å². The lowest BCUT2D eigenvalue weighted by Crippen LogP contribution is -2.54. The molecule has 2 saturated heterocycles. The van der Waals surface area contributed by atoms with Gasteiger partial charge in [-0.2, -0.15) is 0 Å². The third kappa shape index (κ3) is 4.11. The Morgan fingerprint density at radius 1 is 1.14 bits per heavy atom. The van der Waals surface area contributed by atoms with Crippen molar-refractivity contribution in [2.24, 2.45) is 5.92 Å². The number of rotatable bonds is 5. The smallest absolute Gasteiger partial charge is 0.325 e. The molecule has 8 heteroatoms. The van der Waals surface area contributed by atoms with E-state index in [2.05, 4.69) is 19.1 Å². The first kappa shape index (κ1) is 25.4. The molecule has 0 bridgehead atoms. The van der Waals surface area contributed by atoms with Gasteiger partial charge in [0.05, 0.1) is 38.2 Å². The molecule has 37 heavy (non-hydrogen) atoms. The molecule has 8 nitrogen and oxygen atoms in total. The van der Waals surface area contributed by atoms with E-state index in [1.807, 2.05) is 39.8 Å². The molecule has 5 rings (SSSR count). The predicted octanol–water partition coefficient (Wildman–Crippen LogP) is 4.21. The van der Waals surface area contributed by atoms with Gasteiger partial charge >= 0.3 is 6.03 Å². The summed E-state index contributed by atoms with van der Waals surface area (Å²) in [6.07, 6.45) is 6.39. The number of benzene rings is 1. The Morgan fingerprint density at radius 2 is 1.89 bits per heavy atom. The Kier molecular flexibility index (Phi) is 6.79. The van der Waals surface area contributed by atoms with Crippen LogP contribution in [0.4, 0.5) is 4.79 Å². The van der Waals surface area contributed by atoms with E-state index < -0.39 is 5.54 Å². The van der Waals surface area contributed by atoms with Crippen molar-refractivity contribution >= 4 is 11.9 Å². The van der Waals surface area contributed by atoms with Crippen molar-refractivity contribution in [2.75, 3.05) is 47.5 Å². The lowest BCUT2D eigenvalue weighted by Gasteiger charge is -2.44. The Labute approximate surface area is 219 Å². The van der Waals surface area contributed by atoms with Gasteiger partial charge in [-0.1, -0.05) is 19.1 Å². The molecule has 0 radical (unpaired) electrons. The van der Waals surface area contributed by atoms with Crippen LogP contribution in [0.15, 0.2) is 59.0 Å². The van der Waals surface area contributed by atoms with E-state index in [9.17, 15) is 9.59 Å². The van der Waals surface area contributed by atoms with Crippen molar-refractivity contribution < 1.29 is 23.8 Å². The van der Waals surface area contributed by atoms with Gasteiger partial charge in [0, 0.05) is 50.3 Å². The van der Waals surface area contributed by atoms with Crippen LogP contribution in [0.2, 0.25) is 0 Å². The molecule has 0 saturated carbocycles. The number of fused-ring (bicyclic) bond motifs is 2. The van der Waals surface area contributed by atoms with Gasteiger partial charge in [-0.25, -0.2) is 4.79 Å². The lowest BCUT2D eigenvalue weighted by molar-refractivity contribution is 0.0574. The summed E-state index contributed by atoms with van der Waals surface area (Å²) in [7, 11) is 5.02. The van der Waals surface area contributed by atoms with Crippen molar-refractivity contribution in [1.29, 1.82) is 0 Å². The lowest BCUT2D eigenvalue weighted by atomic mass is 9.80. The van der Waals surface area contributed by atoms with Gasteiger partial charge in [0.25, 0.3) is 5.91 Å². The number of urea groups is 1. The molecule has 3 heterocycles. The van der Waals surface area contributed by atoms with E-state index in [4.69, 9.17) is 14.2 Å². The van der Waals surface area contributed by atoms with Crippen LogP contribution in [0, 0.1) is 5.92 Å². The molecule has 198 valence electrons. The third-order valence-electron chi connectivity index (χ3n) is 8.47. The first-order valence-corrected chi connectivity index (χ1v) is 13.1. The number of nitrogens with zero attached hydrogens (tertiary/aromatic N) is 3. The highest BCUT2D eigenvalue weighted by atomic mass is 16.5.